The number of nitrogens with zero attached hydrogens (tertiary/aromatic N) is 2. The quantitative estimate of drug-likeness (QED) is 0.540. The molecule has 0 spiro atoms. The number of hydrogen-bond donors (Lipinski definition) is 2. The Morgan fingerprint density at radius 1 is 1.24 bits per heavy atom. The van der Waals surface area contributed by atoms with Crippen molar-refractivity contribution in [1.82, 2.24) is 15.1 Å². The highest BCUT2D eigenvalue weighted by Gasteiger charge is 2.37. The molecule has 1 aliphatic carbocycles. The number of amides is 2. The van der Waals surface area contributed by atoms with Crippen molar-refractivity contribution < 1.29 is 14.3 Å². The summed E-state index contributed by atoms with van der Waals surface area (Å²) in [7, 11) is 1.72. The molecular weight excluding hydrogens is 436 g/mol. The largest absolute Gasteiger partial charge is 0.383 e. The topological polar surface area (TPSA) is 87.9 Å². The fourth-order valence-corrected chi connectivity index (χ4v) is 6.35. The van der Waals surface area contributed by atoms with Crippen LogP contribution in [0.3, 0.4) is 0 Å². The average molecular weight is 479 g/mol. The lowest BCUT2D eigenvalue weighted by Gasteiger charge is -2.42. The van der Waals surface area contributed by atoms with Gasteiger partial charge in [0, 0.05) is 56.0 Å². The van der Waals surface area contributed by atoms with Crippen LogP contribution in [0.5, 0.6) is 0 Å². The van der Waals surface area contributed by atoms with E-state index in [0.717, 1.165) is 38.9 Å². The van der Waals surface area contributed by atoms with Gasteiger partial charge in [-0.15, -0.1) is 11.3 Å². The van der Waals surface area contributed by atoms with E-state index in [-0.39, 0.29) is 17.9 Å². The molecule has 7 nitrogen and oxygen atoms in total. The molecule has 33 heavy (non-hydrogen) atoms. The minimum Gasteiger partial charge on any atom is -0.383 e. The van der Waals surface area contributed by atoms with E-state index >= 15 is 0 Å². The van der Waals surface area contributed by atoms with E-state index in [1.165, 1.54) is 22.6 Å². The Morgan fingerprint density at radius 3 is 2.70 bits per heavy atom. The number of carbonyl (C=O) groups excluding carboxylic acids is 2. The number of rotatable bonds is 10. The van der Waals surface area contributed by atoms with E-state index in [9.17, 15) is 9.59 Å². The van der Waals surface area contributed by atoms with Crippen LogP contribution in [0.4, 0.5) is 0 Å². The van der Waals surface area contributed by atoms with E-state index in [2.05, 4.69) is 29.3 Å². The summed E-state index contributed by atoms with van der Waals surface area (Å²) in [5.74, 6) is 1.03. The van der Waals surface area contributed by atoms with Gasteiger partial charge in [0.15, 0.2) is 0 Å². The second-order valence-electron chi connectivity index (χ2n) is 9.76. The molecule has 1 aliphatic heterocycles. The molecule has 4 atom stereocenters. The Hall–Kier alpha value is -1.48. The highest BCUT2D eigenvalue weighted by molar-refractivity contribution is 7.11. The van der Waals surface area contributed by atoms with Crippen molar-refractivity contribution in [3.63, 3.8) is 0 Å². The second kappa shape index (κ2) is 12.8. The van der Waals surface area contributed by atoms with Gasteiger partial charge in [-0.3, -0.25) is 14.5 Å². The third-order valence-electron chi connectivity index (χ3n) is 7.33. The zero-order valence-electron chi connectivity index (χ0n) is 20.6. The number of hydrogen-bond acceptors (Lipinski definition) is 6. The van der Waals surface area contributed by atoms with Crippen molar-refractivity contribution in [3.8, 4) is 0 Å². The van der Waals surface area contributed by atoms with Crippen molar-refractivity contribution >= 4 is 23.2 Å². The molecule has 1 saturated carbocycles. The number of methoxy groups -OCH3 is 1. The maximum absolute atomic E-state index is 13.3. The number of piperidine rings is 1. The summed E-state index contributed by atoms with van der Waals surface area (Å²) in [5, 5.41) is 3.19. The van der Waals surface area contributed by atoms with E-state index in [4.69, 9.17) is 10.5 Å². The van der Waals surface area contributed by atoms with Gasteiger partial charge >= 0.3 is 0 Å². The Bertz CT molecular complexity index is 771. The zero-order chi connectivity index (χ0) is 23.8. The molecule has 0 bridgehead atoms. The molecule has 2 fully saturated rings. The molecule has 186 valence electrons. The fraction of sp³-hybridized carbons (Fsp3) is 0.760. The van der Waals surface area contributed by atoms with Gasteiger partial charge in [0.2, 0.25) is 11.8 Å². The van der Waals surface area contributed by atoms with Gasteiger partial charge in [-0.25, -0.2) is 0 Å². The van der Waals surface area contributed by atoms with Crippen LogP contribution < -0.4 is 11.1 Å². The first kappa shape index (κ1) is 26.1. The molecule has 2 amide bonds. The summed E-state index contributed by atoms with van der Waals surface area (Å²) < 4.78 is 5.37. The Kier molecular flexibility index (Phi) is 10.2. The van der Waals surface area contributed by atoms with Crippen LogP contribution in [0.1, 0.15) is 55.2 Å². The number of nitrogens with two attached hydrogens (primary N) is 1. The standard InChI is InChI=1S/C25H42N4O3S/c1-18-7-8-23(33-18)17-28(11-12-32-3)22-9-10-29(19(2)30)24(14-22)25(31)27-16-21-6-4-5-20(13-21)15-26/h7-8,20-22,24H,4-6,9-17,26H2,1-3H3,(H,27,31)/t20?,21?,22?,24-/m1/s1. The van der Waals surface area contributed by atoms with Crippen molar-refractivity contribution in [1.29, 1.82) is 0 Å². The highest BCUT2D eigenvalue weighted by Crippen LogP contribution is 2.29. The predicted molar refractivity (Wildman–Crippen MR) is 133 cm³/mol. The second-order valence-corrected chi connectivity index (χ2v) is 11.1. The summed E-state index contributed by atoms with van der Waals surface area (Å²) >= 11 is 1.82. The van der Waals surface area contributed by atoms with Gasteiger partial charge in [0.1, 0.15) is 6.04 Å². The lowest BCUT2D eigenvalue weighted by molar-refractivity contribution is -0.142. The summed E-state index contributed by atoms with van der Waals surface area (Å²) in [6.07, 6.45) is 6.15. The molecule has 3 rings (SSSR count). The summed E-state index contributed by atoms with van der Waals surface area (Å²) in [6.45, 7) is 8.05. The molecule has 3 unspecified atom stereocenters. The Balaban J connectivity index is 1.64. The van der Waals surface area contributed by atoms with E-state index in [1.54, 1.807) is 18.9 Å². The van der Waals surface area contributed by atoms with E-state index in [1.807, 2.05) is 11.3 Å². The van der Waals surface area contributed by atoms with Crippen molar-refractivity contribution in [2.45, 2.75) is 71.0 Å². The molecule has 1 aromatic heterocycles. The van der Waals surface area contributed by atoms with Gasteiger partial charge in [-0.1, -0.05) is 6.42 Å². The maximum atomic E-state index is 13.3. The molecule has 1 aromatic rings. The number of likely N-dealkylation sites (tertiary alicyclic amines) is 1. The van der Waals surface area contributed by atoms with Gasteiger partial charge < -0.3 is 20.7 Å². The number of carbonyl (C=O) groups is 2. The normalized spacial score (nSPS) is 25.9. The van der Waals surface area contributed by atoms with Crippen LogP contribution in [0.15, 0.2) is 12.1 Å². The fourth-order valence-electron chi connectivity index (χ4n) is 5.44. The van der Waals surface area contributed by atoms with Gasteiger partial charge in [-0.05, 0) is 69.5 Å². The number of ether oxygens (including phenoxy) is 1. The first-order valence-electron chi connectivity index (χ1n) is 12.4. The first-order valence-corrected chi connectivity index (χ1v) is 13.3. The van der Waals surface area contributed by atoms with Crippen LogP contribution in [0, 0.1) is 18.8 Å². The monoisotopic (exact) mass is 478 g/mol. The number of nitrogens with one attached hydrogen (secondary N) is 1. The van der Waals surface area contributed by atoms with Crippen LogP contribution in [-0.2, 0) is 20.9 Å². The summed E-state index contributed by atoms with van der Waals surface area (Å²) in [4.78, 5) is 32.4. The minimum atomic E-state index is -0.412. The average Bonchev–Trinajstić information content (AvgIpc) is 3.24. The minimum absolute atomic E-state index is 0.0107. The van der Waals surface area contributed by atoms with E-state index < -0.39 is 6.04 Å². The highest BCUT2D eigenvalue weighted by atomic mass is 32.1. The third-order valence-corrected chi connectivity index (χ3v) is 8.31. The van der Waals surface area contributed by atoms with Gasteiger partial charge in [0.25, 0.3) is 0 Å². The number of aryl methyl sites for hydroxylation is 1. The lowest BCUT2D eigenvalue weighted by atomic mass is 9.81. The maximum Gasteiger partial charge on any atom is 0.242 e. The third kappa shape index (κ3) is 7.50. The van der Waals surface area contributed by atoms with Crippen molar-refractivity contribution in [2.75, 3.05) is 39.9 Å². The van der Waals surface area contributed by atoms with Crippen LogP contribution >= 0.6 is 11.3 Å². The van der Waals surface area contributed by atoms with Gasteiger partial charge in [0.05, 0.1) is 6.61 Å². The molecule has 1 saturated heterocycles. The predicted octanol–water partition coefficient (Wildman–Crippen LogP) is 2.77. The van der Waals surface area contributed by atoms with Gasteiger partial charge in [-0.2, -0.15) is 0 Å². The van der Waals surface area contributed by atoms with E-state index in [0.29, 0.717) is 38.0 Å². The van der Waals surface area contributed by atoms with Crippen molar-refractivity contribution in [3.05, 3.63) is 21.9 Å². The molecule has 8 heteroatoms. The molecule has 0 aromatic carbocycles. The molecule has 0 radical (unpaired) electrons. The first-order chi connectivity index (χ1) is 15.9. The van der Waals surface area contributed by atoms with Crippen LogP contribution in [-0.4, -0.2) is 73.6 Å². The molecule has 3 N–H and O–H groups in total. The van der Waals surface area contributed by atoms with Crippen LogP contribution in [0.2, 0.25) is 0 Å². The van der Waals surface area contributed by atoms with Crippen molar-refractivity contribution in [2.24, 2.45) is 17.6 Å². The zero-order valence-corrected chi connectivity index (χ0v) is 21.4. The SMILES string of the molecule is COCCN(Cc1ccc(C)s1)C1CCN(C(C)=O)[C@@H](C(=O)NCC2CCCC(CN)C2)C1. The summed E-state index contributed by atoms with van der Waals surface area (Å²) in [5.41, 5.74) is 5.88. The summed E-state index contributed by atoms with van der Waals surface area (Å²) in [6, 6.07) is 4.17. The molecule has 2 aliphatic rings. The molecule has 2 heterocycles. The van der Waals surface area contributed by atoms with Crippen LogP contribution in [0.25, 0.3) is 0 Å². The lowest BCUT2D eigenvalue weighted by Crippen LogP contribution is -2.57. The number of thiophene rings is 1. The Morgan fingerprint density at radius 2 is 2.03 bits per heavy atom. The smallest absolute Gasteiger partial charge is 0.242 e. The molecular formula is C25H42N4O3S. The Labute approximate surface area is 203 Å².